The number of aryl methyl sites for hydroxylation is 1. The summed E-state index contributed by atoms with van der Waals surface area (Å²) in [6.07, 6.45) is 0. The molecule has 0 aliphatic heterocycles. The Kier molecular flexibility index (Phi) is 2.77. The van der Waals surface area contributed by atoms with Gasteiger partial charge in [-0.2, -0.15) is 0 Å². The van der Waals surface area contributed by atoms with Crippen molar-refractivity contribution in [3.8, 4) is 5.75 Å². The van der Waals surface area contributed by atoms with Crippen molar-refractivity contribution in [1.29, 1.82) is 0 Å². The van der Waals surface area contributed by atoms with E-state index < -0.39 is 0 Å². The smallest absolute Gasteiger partial charge is 0.183 e. The summed E-state index contributed by atoms with van der Waals surface area (Å²) in [5.41, 5.74) is 2.20. The maximum absolute atomic E-state index is 5.29. The van der Waals surface area contributed by atoms with Crippen LogP contribution in [0, 0.1) is 6.92 Å². The number of aromatic nitrogens is 1. The first kappa shape index (κ1) is 10.2. The molecule has 0 aliphatic rings. The van der Waals surface area contributed by atoms with Gasteiger partial charge in [-0.15, -0.1) is 0 Å². The summed E-state index contributed by atoms with van der Waals surface area (Å²) < 4.78 is 6.49. The van der Waals surface area contributed by atoms with E-state index in [0.717, 1.165) is 22.9 Å². The fraction of sp³-hybridized carbons (Fsp3) is 0.364. The Morgan fingerprint density at radius 2 is 2.27 bits per heavy atom. The Morgan fingerprint density at radius 3 is 2.93 bits per heavy atom. The average molecular weight is 222 g/mol. The Labute approximate surface area is 93.1 Å². The molecule has 0 amide bonds. The minimum Gasteiger partial charge on any atom is -0.494 e. The maximum atomic E-state index is 5.29. The number of anilines is 1. The molecule has 1 heterocycles. The van der Waals surface area contributed by atoms with Crippen LogP contribution in [0.15, 0.2) is 12.1 Å². The summed E-state index contributed by atoms with van der Waals surface area (Å²) in [5, 5.41) is 4.19. The molecule has 1 aromatic heterocycles. The first-order valence-electron chi connectivity index (χ1n) is 4.94. The second-order valence-corrected chi connectivity index (χ2v) is 4.31. The molecule has 4 heteroatoms. The quantitative estimate of drug-likeness (QED) is 0.866. The van der Waals surface area contributed by atoms with Crippen LogP contribution in [-0.4, -0.2) is 18.6 Å². The van der Waals surface area contributed by atoms with Gasteiger partial charge in [-0.3, -0.25) is 0 Å². The van der Waals surface area contributed by atoms with E-state index >= 15 is 0 Å². The summed E-state index contributed by atoms with van der Waals surface area (Å²) in [7, 11) is 1.68. The number of ether oxygens (including phenoxy) is 1. The fourth-order valence-electron chi connectivity index (χ4n) is 1.50. The number of hydrogen-bond donors (Lipinski definition) is 1. The molecule has 0 radical (unpaired) electrons. The van der Waals surface area contributed by atoms with Crippen LogP contribution < -0.4 is 10.1 Å². The van der Waals surface area contributed by atoms with E-state index in [-0.39, 0.29) is 0 Å². The van der Waals surface area contributed by atoms with Crippen LogP contribution in [0.3, 0.4) is 0 Å². The van der Waals surface area contributed by atoms with Crippen molar-refractivity contribution in [2.75, 3.05) is 19.0 Å². The topological polar surface area (TPSA) is 34.2 Å². The zero-order valence-electron chi connectivity index (χ0n) is 9.13. The second kappa shape index (κ2) is 4.06. The van der Waals surface area contributed by atoms with Crippen LogP contribution in [-0.2, 0) is 0 Å². The van der Waals surface area contributed by atoms with E-state index in [1.807, 2.05) is 6.07 Å². The third-order valence-electron chi connectivity index (χ3n) is 2.25. The molecule has 1 N–H and O–H groups in total. The minimum absolute atomic E-state index is 0.844. The molecular weight excluding hydrogens is 208 g/mol. The number of thiazole rings is 1. The van der Waals surface area contributed by atoms with Gasteiger partial charge in [-0.05, 0) is 25.5 Å². The number of benzene rings is 1. The zero-order valence-corrected chi connectivity index (χ0v) is 9.94. The first-order chi connectivity index (χ1) is 7.26. The lowest BCUT2D eigenvalue weighted by Gasteiger charge is -2.01. The van der Waals surface area contributed by atoms with E-state index in [1.165, 1.54) is 10.3 Å². The van der Waals surface area contributed by atoms with Gasteiger partial charge >= 0.3 is 0 Å². The molecule has 0 spiro atoms. The van der Waals surface area contributed by atoms with Gasteiger partial charge in [0, 0.05) is 6.54 Å². The third-order valence-corrected chi connectivity index (χ3v) is 3.40. The predicted octanol–water partition coefficient (Wildman–Crippen LogP) is 3.05. The second-order valence-electron chi connectivity index (χ2n) is 3.31. The molecule has 0 aliphatic carbocycles. The molecule has 0 atom stereocenters. The SMILES string of the molecule is CCNc1nc2c(OC)ccc(C)c2s1. The molecule has 0 saturated carbocycles. The molecule has 1 aromatic carbocycles. The van der Waals surface area contributed by atoms with E-state index in [1.54, 1.807) is 18.4 Å². The van der Waals surface area contributed by atoms with E-state index in [4.69, 9.17) is 4.74 Å². The van der Waals surface area contributed by atoms with Gasteiger partial charge in [0.2, 0.25) is 0 Å². The van der Waals surface area contributed by atoms with Crippen molar-refractivity contribution in [1.82, 2.24) is 4.98 Å². The lowest BCUT2D eigenvalue weighted by atomic mass is 10.2. The highest BCUT2D eigenvalue weighted by molar-refractivity contribution is 7.22. The van der Waals surface area contributed by atoms with Crippen molar-refractivity contribution in [2.45, 2.75) is 13.8 Å². The lowest BCUT2D eigenvalue weighted by molar-refractivity contribution is 0.419. The van der Waals surface area contributed by atoms with Gasteiger partial charge < -0.3 is 10.1 Å². The highest BCUT2D eigenvalue weighted by atomic mass is 32.1. The average Bonchev–Trinajstić information content (AvgIpc) is 2.64. The Morgan fingerprint density at radius 1 is 1.47 bits per heavy atom. The number of fused-ring (bicyclic) bond motifs is 1. The summed E-state index contributed by atoms with van der Waals surface area (Å²) in [6.45, 7) is 5.05. The Balaban J connectivity index is 2.61. The number of rotatable bonds is 3. The zero-order chi connectivity index (χ0) is 10.8. The monoisotopic (exact) mass is 222 g/mol. The normalized spacial score (nSPS) is 10.6. The Bertz CT molecular complexity index is 479. The number of nitrogens with zero attached hydrogens (tertiary/aromatic N) is 1. The van der Waals surface area contributed by atoms with Crippen molar-refractivity contribution in [3.63, 3.8) is 0 Å². The van der Waals surface area contributed by atoms with Crippen LogP contribution in [0.1, 0.15) is 12.5 Å². The summed E-state index contributed by atoms with van der Waals surface area (Å²) >= 11 is 1.68. The van der Waals surface area contributed by atoms with Crippen LogP contribution in [0.4, 0.5) is 5.13 Å². The molecule has 0 unspecified atom stereocenters. The van der Waals surface area contributed by atoms with Crippen molar-refractivity contribution < 1.29 is 4.74 Å². The molecule has 80 valence electrons. The minimum atomic E-state index is 0.844. The van der Waals surface area contributed by atoms with Crippen molar-refractivity contribution >= 4 is 26.7 Å². The highest BCUT2D eigenvalue weighted by Crippen LogP contribution is 2.34. The van der Waals surface area contributed by atoms with E-state index in [9.17, 15) is 0 Å². The van der Waals surface area contributed by atoms with Gasteiger partial charge in [0.1, 0.15) is 11.3 Å². The van der Waals surface area contributed by atoms with Gasteiger partial charge in [0.15, 0.2) is 5.13 Å². The van der Waals surface area contributed by atoms with Crippen molar-refractivity contribution in [3.05, 3.63) is 17.7 Å². The Hall–Kier alpha value is -1.29. The summed E-state index contributed by atoms with van der Waals surface area (Å²) in [5.74, 6) is 0.844. The number of methoxy groups -OCH3 is 1. The largest absolute Gasteiger partial charge is 0.494 e. The van der Waals surface area contributed by atoms with Gasteiger partial charge in [0.25, 0.3) is 0 Å². The molecule has 0 saturated heterocycles. The van der Waals surface area contributed by atoms with Gasteiger partial charge in [0.05, 0.1) is 11.8 Å². The molecule has 0 fully saturated rings. The molecule has 3 nitrogen and oxygen atoms in total. The molecule has 15 heavy (non-hydrogen) atoms. The molecular formula is C11H14N2OS. The molecule has 0 bridgehead atoms. The summed E-state index contributed by atoms with van der Waals surface area (Å²) in [6, 6.07) is 4.03. The number of hydrogen-bond acceptors (Lipinski definition) is 4. The first-order valence-corrected chi connectivity index (χ1v) is 5.76. The fourth-order valence-corrected chi connectivity index (χ4v) is 2.52. The lowest BCUT2D eigenvalue weighted by Crippen LogP contribution is -1.94. The van der Waals surface area contributed by atoms with Crippen LogP contribution in [0.2, 0.25) is 0 Å². The highest BCUT2D eigenvalue weighted by Gasteiger charge is 2.10. The van der Waals surface area contributed by atoms with Gasteiger partial charge in [-0.25, -0.2) is 4.98 Å². The van der Waals surface area contributed by atoms with Crippen LogP contribution >= 0.6 is 11.3 Å². The standard InChI is InChI=1S/C11H14N2OS/c1-4-12-11-13-9-8(14-3)6-5-7(2)10(9)15-11/h5-6H,4H2,1-3H3,(H,12,13). The third kappa shape index (κ3) is 1.77. The van der Waals surface area contributed by atoms with Crippen LogP contribution in [0.5, 0.6) is 5.75 Å². The van der Waals surface area contributed by atoms with Gasteiger partial charge in [-0.1, -0.05) is 17.4 Å². The van der Waals surface area contributed by atoms with E-state index in [0.29, 0.717) is 0 Å². The van der Waals surface area contributed by atoms with E-state index in [2.05, 4.69) is 30.2 Å². The molecule has 2 aromatic rings. The summed E-state index contributed by atoms with van der Waals surface area (Å²) in [4.78, 5) is 4.52. The molecule has 2 rings (SSSR count). The maximum Gasteiger partial charge on any atom is 0.183 e. The van der Waals surface area contributed by atoms with Crippen molar-refractivity contribution in [2.24, 2.45) is 0 Å². The number of nitrogens with one attached hydrogen (secondary N) is 1. The van der Waals surface area contributed by atoms with Crippen LogP contribution in [0.25, 0.3) is 10.2 Å². The predicted molar refractivity (Wildman–Crippen MR) is 65.1 cm³/mol.